The van der Waals surface area contributed by atoms with Crippen LogP contribution in [0.3, 0.4) is 0 Å². The maximum atomic E-state index is 13.3. The number of hydroxylamine groups is 1. The summed E-state index contributed by atoms with van der Waals surface area (Å²) in [5.74, 6) is -1.96. The Labute approximate surface area is 169 Å². The molecule has 4 rings (SSSR count). The molecule has 2 fully saturated rings. The number of piperidine rings is 1. The maximum absolute atomic E-state index is 13.3. The Morgan fingerprint density at radius 1 is 1.21 bits per heavy atom. The summed E-state index contributed by atoms with van der Waals surface area (Å²) in [5.41, 5.74) is 9.62. The van der Waals surface area contributed by atoms with E-state index in [1.807, 2.05) is 30.3 Å². The number of nitrogens with two attached hydrogens (primary N) is 1. The highest BCUT2D eigenvalue weighted by atomic mass is 16.5. The molecule has 3 amide bonds. The lowest BCUT2D eigenvalue weighted by atomic mass is 9.81. The van der Waals surface area contributed by atoms with Gasteiger partial charge in [0.25, 0.3) is 0 Å². The molecule has 154 valence electrons. The molecule has 2 atom stereocenters. The van der Waals surface area contributed by atoms with Crippen LogP contribution >= 0.6 is 0 Å². The minimum absolute atomic E-state index is 0.0641. The number of amides is 3. The largest absolute Gasteiger partial charge is 0.366 e. The van der Waals surface area contributed by atoms with Crippen LogP contribution in [0.4, 0.5) is 0 Å². The molecule has 2 heterocycles. The lowest BCUT2D eigenvalue weighted by Crippen LogP contribution is -2.59. The molecule has 0 aromatic heterocycles. The Bertz CT molecular complexity index is 863. The highest BCUT2D eigenvalue weighted by molar-refractivity contribution is 6.02. The van der Waals surface area contributed by atoms with E-state index in [-0.39, 0.29) is 17.9 Å². The van der Waals surface area contributed by atoms with Crippen molar-refractivity contribution in [2.75, 3.05) is 19.6 Å². The molecule has 8 heteroatoms. The van der Waals surface area contributed by atoms with Crippen LogP contribution < -0.4 is 16.5 Å². The Balaban J connectivity index is 1.55. The van der Waals surface area contributed by atoms with Crippen LogP contribution in [0, 0.1) is 11.3 Å². The van der Waals surface area contributed by atoms with Crippen LogP contribution in [0.2, 0.25) is 0 Å². The lowest BCUT2D eigenvalue weighted by Gasteiger charge is -2.39. The molecule has 29 heavy (non-hydrogen) atoms. The Kier molecular flexibility index (Phi) is 5.14. The van der Waals surface area contributed by atoms with E-state index in [0.29, 0.717) is 31.5 Å². The molecule has 5 N–H and O–H groups in total. The van der Waals surface area contributed by atoms with Gasteiger partial charge in [0, 0.05) is 18.7 Å². The number of nitrogens with one attached hydrogen (secondary N) is 2. The van der Waals surface area contributed by atoms with Crippen molar-refractivity contribution in [1.82, 2.24) is 15.7 Å². The smallest absolute Gasteiger partial charge is 0.248 e. The van der Waals surface area contributed by atoms with Crippen molar-refractivity contribution in [1.29, 1.82) is 0 Å². The molecule has 1 aromatic rings. The van der Waals surface area contributed by atoms with Gasteiger partial charge >= 0.3 is 0 Å². The molecule has 3 aliphatic rings. The molecule has 0 radical (unpaired) electrons. The summed E-state index contributed by atoms with van der Waals surface area (Å²) >= 11 is 0. The molecular formula is C21H26N4O4. The average Bonchev–Trinajstić information content (AvgIpc) is 3.51. The van der Waals surface area contributed by atoms with Crippen molar-refractivity contribution in [3.8, 4) is 0 Å². The molecule has 2 unspecified atom stereocenters. The van der Waals surface area contributed by atoms with Gasteiger partial charge in [0.05, 0.1) is 18.5 Å². The molecule has 1 spiro atoms. The summed E-state index contributed by atoms with van der Waals surface area (Å²) in [5, 5.41) is 12.4. The van der Waals surface area contributed by atoms with Crippen LogP contribution in [0.25, 0.3) is 5.57 Å². The number of hydrogen-bond donors (Lipinski definition) is 4. The number of primary amides is 1. The van der Waals surface area contributed by atoms with E-state index in [9.17, 15) is 14.4 Å². The molecule has 0 bridgehead atoms. The van der Waals surface area contributed by atoms with Crippen molar-refractivity contribution >= 4 is 23.3 Å². The van der Waals surface area contributed by atoms with E-state index in [4.69, 9.17) is 10.9 Å². The van der Waals surface area contributed by atoms with Crippen molar-refractivity contribution in [3.63, 3.8) is 0 Å². The van der Waals surface area contributed by atoms with Gasteiger partial charge < -0.3 is 16.0 Å². The zero-order valence-corrected chi connectivity index (χ0v) is 16.2. The van der Waals surface area contributed by atoms with E-state index in [1.165, 1.54) is 0 Å². The number of rotatable bonds is 4. The first-order chi connectivity index (χ1) is 13.9. The fraction of sp³-hybridized carbons (Fsp3) is 0.476. The number of nitrogens with zero attached hydrogens (tertiary/aromatic N) is 1. The van der Waals surface area contributed by atoms with Gasteiger partial charge in [-0.25, -0.2) is 5.48 Å². The lowest BCUT2D eigenvalue weighted by molar-refractivity contribution is -0.144. The number of carbonyl (C=O) groups is 3. The Morgan fingerprint density at radius 2 is 1.93 bits per heavy atom. The second-order valence-electron chi connectivity index (χ2n) is 8.34. The SMILES string of the molecule is NC(=O)C1=C(c2ccccc2)CCN(C(=O)C2NCC3(CC3)CC2C(=O)NO)C1. The van der Waals surface area contributed by atoms with E-state index in [2.05, 4.69) is 5.32 Å². The summed E-state index contributed by atoms with van der Waals surface area (Å²) in [6.45, 7) is 1.24. The summed E-state index contributed by atoms with van der Waals surface area (Å²) < 4.78 is 0. The zero-order valence-electron chi connectivity index (χ0n) is 16.2. The van der Waals surface area contributed by atoms with Crippen LogP contribution in [0.15, 0.2) is 35.9 Å². The third-order valence-corrected chi connectivity index (χ3v) is 6.50. The summed E-state index contributed by atoms with van der Waals surface area (Å²) in [7, 11) is 0. The fourth-order valence-electron chi connectivity index (χ4n) is 4.60. The van der Waals surface area contributed by atoms with Gasteiger partial charge in [-0.05, 0) is 42.2 Å². The van der Waals surface area contributed by atoms with Crippen molar-refractivity contribution in [2.24, 2.45) is 17.1 Å². The van der Waals surface area contributed by atoms with Gasteiger partial charge in [-0.2, -0.15) is 0 Å². The zero-order chi connectivity index (χ0) is 20.6. The van der Waals surface area contributed by atoms with Gasteiger partial charge in [0.1, 0.15) is 0 Å². The normalized spacial score (nSPS) is 25.6. The molecular weight excluding hydrogens is 372 g/mol. The van der Waals surface area contributed by atoms with E-state index in [0.717, 1.165) is 24.0 Å². The molecule has 1 aliphatic carbocycles. The van der Waals surface area contributed by atoms with Gasteiger partial charge in [0.2, 0.25) is 17.7 Å². The van der Waals surface area contributed by atoms with E-state index in [1.54, 1.807) is 10.4 Å². The molecule has 1 aromatic carbocycles. The molecule has 1 saturated heterocycles. The topological polar surface area (TPSA) is 125 Å². The van der Waals surface area contributed by atoms with Gasteiger partial charge in [0.15, 0.2) is 0 Å². The average molecular weight is 398 g/mol. The van der Waals surface area contributed by atoms with Crippen molar-refractivity contribution in [2.45, 2.75) is 31.7 Å². The Hall–Kier alpha value is -2.71. The highest BCUT2D eigenvalue weighted by Gasteiger charge is 2.52. The third kappa shape index (κ3) is 3.77. The van der Waals surface area contributed by atoms with Gasteiger partial charge in [-0.1, -0.05) is 30.3 Å². The van der Waals surface area contributed by atoms with Crippen molar-refractivity contribution in [3.05, 3.63) is 41.5 Å². The summed E-state index contributed by atoms with van der Waals surface area (Å²) in [6.07, 6.45) is 3.13. The second kappa shape index (κ2) is 7.61. The van der Waals surface area contributed by atoms with Crippen LogP contribution in [-0.4, -0.2) is 53.5 Å². The van der Waals surface area contributed by atoms with E-state index >= 15 is 0 Å². The van der Waals surface area contributed by atoms with Crippen LogP contribution in [0.5, 0.6) is 0 Å². The molecule has 2 aliphatic heterocycles. The first kappa shape index (κ1) is 19.6. The predicted octanol–water partition coefficient (Wildman–Crippen LogP) is 0.422. The van der Waals surface area contributed by atoms with Crippen LogP contribution in [0.1, 0.15) is 31.2 Å². The first-order valence-electron chi connectivity index (χ1n) is 9.97. The third-order valence-electron chi connectivity index (χ3n) is 6.50. The minimum atomic E-state index is -0.722. The fourth-order valence-corrected chi connectivity index (χ4v) is 4.60. The number of carbonyl (C=O) groups excluding carboxylic acids is 3. The summed E-state index contributed by atoms with van der Waals surface area (Å²) in [4.78, 5) is 39.2. The van der Waals surface area contributed by atoms with Gasteiger partial charge in [-0.15, -0.1) is 0 Å². The molecule has 8 nitrogen and oxygen atoms in total. The first-order valence-corrected chi connectivity index (χ1v) is 9.97. The van der Waals surface area contributed by atoms with Gasteiger partial charge in [-0.3, -0.25) is 19.6 Å². The quantitative estimate of drug-likeness (QED) is 0.432. The predicted molar refractivity (Wildman–Crippen MR) is 105 cm³/mol. The monoisotopic (exact) mass is 398 g/mol. The van der Waals surface area contributed by atoms with Crippen LogP contribution in [-0.2, 0) is 14.4 Å². The van der Waals surface area contributed by atoms with Crippen molar-refractivity contribution < 1.29 is 19.6 Å². The van der Waals surface area contributed by atoms with E-state index < -0.39 is 23.8 Å². The standard InChI is InChI=1S/C21H26N4O4/c22-18(26)16-11-25(9-6-14(16)13-4-2-1-3-5-13)20(28)17-15(19(27)24-29)10-21(7-8-21)12-23-17/h1-5,15,17,23,29H,6-12H2,(H2,22,26)(H,24,27). The maximum Gasteiger partial charge on any atom is 0.248 e. The number of hydrogen-bond acceptors (Lipinski definition) is 5. The second-order valence-corrected chi connectivity index (χ2v) is 8.34. The number of benzene rings is 1. The molecule has 1 saturated carbocycles. The summed E-state index contributed by atoms with van der Waals surface area (Å²) in [6, 6.07) is 8.83. The minimum Gasteiger partial charge on any atom is -0.366 e. The highest BCUT2D eigenvalue weighted by Crippen LogP contribution is 2.52. The Morgan fingerprint density at radius 3 is 2.55 bits per heavy atom.